The minimum Gasteiger partial charge on any atom is -0.395 e. The molecule has 0 aromatic heterocycles. The van der Waals surface area contributed by atoms with Crippen LogP contribution in [0.1, 0.15) is 23.6 Å². The molecule has 0 radical (unpaired) electrons. The smallest absolute Gasteiger partial charge is 0.395 e. The van der Waals surface area contributed by atoms with Crippen molar-refractivity contribution in [3.8, 4) is 0 Å². The minimum atomic E-state index is -4.15. The largest absolute Gasteiger partial charge is 0.401 e. The van der Waals surface area contributed by atoms with E-state index in [9.17, 15) is 13.2 Å². The van der Waals surface area contributed by atoms with E-state index in [0.717, 1.165) is 16.7 Å². The highest BCUT2D eigenvalue weighted by molar-refractivity contribution is 5.34. The molecule has 0 spiro atoms. The van der Waals surface area contributed by atoms with E-state index in [1.54, 1.807) is 0 Å². The van der Waals surface area contributed by atoms with Gasteiger partial charge in [0.05, 0.1) is 13.2 Å². The van der Waals surface area contributed by atoms with Gasteiger partial charge >= 0.3 is 6.18 Å². The number of benzene rings is 1. The van der Waals surface area contributed by atoms with Crippen molar-refractivity contribution in [2.24, 2.45) is 0 Å². The van der Waals surface area contributed by atoms with Crippen molar-refractivity contribution in [1.29, 1.82) is 0 Å². The van der Waals surface area contributed by atoms with Crippen LogP contribution in [0.5, 0.6) is 0 Å². The van der Waals surface area contributed by atoms with Gasteiger partial charge < -0.3 is 10.4 Å². The molecule has 0 amide bonds. The van der Waals surface area contributed by atoms with E-state index in [0.29, 0.717) is 26.1 Å². The number of halogens is 3. The maximum Gasteiger partial charge on any atom is 0.401 e. The Hall–Kier alpha value is -1.11. The van der Waals surface area contributed by atoms with Crippen molar-refractivity contribution in [2.75, 3.05) is 19.7 Å². The van der Waals surface area contributed by atoms with Crippen LogP contribution in [-0.2, 0) is 19.5 Å². The number of nitrogens with one attached hydrogen (secondary N) is 1. The Kier molecular flexibility index (Phi) is 5.24. The van der Waals surface area contributed by atoms with Gasteiger partial charge in [0.1, 0.15) is 0 Å². The maximum atomic E-state index is 12.6. The third-order valence-electron chi connectivity index (χ3n) is 3.78. The molecule has 0 saturated carbocycles. The highest BCUT2D eigenvalue weighted by Gasteiger charge is 2.34. The molecule has 0 bridgehead atoms. The molecule has 1 aliphatic heterocycles. The molecule has 1 aromatic carbocycles. The van der Waals surface area contributed by atoms with Crippen LogP contribution in [0.15, 0.2) is 18.2 Å². The summed E-state index contributed by atoms with van der Waals surface area (Å²) in [6.07, 6.45) is -3.51. The summed E-state index contributed by atoms with van der Waals surface area (Å²) in [7, 11) is 0. The van der Waals surface area contributed by atoms with Crippen LogP contribution in [0.25, 0.3) is 0 Å². The Bertz CT molecular complexity index is 476. The molecule has 0 saturated heterocycles. The molecule has 118 valence electrons. The summed E-state index contributed by atoms with van der Waals surface area (Å²) in [6, 6.07) is 5.80. The molecule has 3 nitrogen and oxygen atoms in total. The Labute approximate surface area is 122 Å². The number of hydrogen-bond donors (Lipinski definition) is 2. The van der Waals surface area contributed by atoms with Gasteiger partial charge in [-0.15, -0.1) is 0 Å². The predicted octanol–water partition coefficient (Wildman–Crippen LogP) is 2.08. The molecule has 6 heteroatoms. The standard InChI is InChI=1S/C15H21F3N2O/c1-11-6-14-7-12(8-19-4-5-21)2-3-13(14)9-20(11)10-15(16,17)18/h2-3,7,11,19,21H,4-6,8-10H2,1H3. The summed E-state index contributed by atoms with van der Waals surface area (Å²) >= 11 is 0. The van der Waals surface area contributed by atoms with Gasteiger partial charge in [-0.1, -0.05) is 18.2 Å². The first-order valence-corrected chi connectivity index (χ1v) is 7.12. The van der Waals surface area contributed by atoms with Gasteiger partial charge in [-0.25, -0.2) is 0 Å². The average Bonchev–Trinajstić information content (AvgIpc) is 2.38. The second-order valence-corrected chi connectivity index (χ2v) is 5.58. The van der Waals surface area contributed by atoms with E-state index < -0.39 is 12.7 Å². The molecule has 21 heavy (non-hydrogen) atoms. The topological polar surface area (TPSA) is 35.5 Å². The first-order valence-electron chi connectivity index (χ1n) is 7.12. The van der Waals surface area contributed by atoms with Gasteiger partial charge in [-0.05, 0) is 30.0 Å². The van der Waals surface area contributed by atoms with E-state index in [1.807, 2.05) is 19.1 Å². The molecule has 0 fully saturated rings. The van der Waals surface area contributed by atoms with Crippen molar-refractivity contribution < 1.29 is 18.3 Å². The van der Waals surface area contributed by atoms with Crippen molar-refractivity contribution >= 4 is 0 Å². The number of alkyl halides is 3. The summed E-state index contributed by atoms with van der Waals surface area (Å²) in [5, 5.41) is 11.8. The van der Waals surface area contributed by atoms with Gasteiger partial charge in [0, 0.05) is 25.7 Å². The zero-order valence-electron chi connectivity index (χ0n) is 12.1. The molecule has 2 N–H and O–H groups in total. The molecule has 1 aromatic rings. The van der Waals surface area contributed by atoms with Crippen LogP contribution >= 0.6 is 0 Å². The average molecular weight is 302 g/mol. The molecular weight excluding hydrogens is 281 g/mol. The lowest BCUT2D eigenvalue weighted by molar-refractivity contribution is -0.152. The fraction of sp³-hybridized carbons (Fsp3) is 0.600. The first-order chi connectivity index (χ1) is 9.89. The van der Waals surface area contributed by atoms with Crippen LogP contribution in [0, 0.1) is 0 Å². The Morgan fingerprint density at radius 2 is 2.10 bits per heavy atom. The predicted molar refractivity (Wildman–Crippen MR) is 74.9 cm³/mol. The Morgan fingerprint density at radius 3 is 2.76 bits per heavy atom. The third kappa shape index (κ3) is 4.69. The second-order valence-electron chi connectivity index (χ2n) is 5.58. The second kappa shape index (κ2) is 6.77. The molecule has 0 aliphatic carbocycles. The molecule has 1 aliphatic rings. The minimum absolute atomic E-state index is 0.0916. The number of fused-ring (bicyclic) bond motifs is 1. The highest BCUT2D eigenvalue weighted by atomic mass is 19.4. The van der Waals surface area contributed by atoms with Crippen LogP contribution in [0.3, 0.4) is 0 Å². The Balaban J connectivity index is 2.05. The maximum absolute atomic E-state index is 12.6. The molecule has 1 atom stereocenters. The number of nitrogens with zero attached hydrogens (tertiary/aromatic N) is 1. The summed E-state index contributed by atoms with van der Waals surface area (Å²) in [6.45, 7) is 2.62. The fourth-order valence-electron chi connectivity index (χ4n) is 2.71. The van der Waals surface area contributed by atoms with Crippen molar-refractivity contribution in [3.05, 3.63) is 34.9 Å². The van der Waals surface area contributed by atoms with E-state index in [1.165, 1.54) is 4.90 Å². The van der Waals surface area contributed by atoms with Crippen LogP contribution in [-0.4, -0.2) is 41.9 Å². The van der Waals surface area contributed by atoms with Crippen molar-refractivity contribution in [2.45, 2.75) is 38.7 Å². The van der Waals surface area contributed by atoms with Crippen LogP contribution < -0.4 is 5.32 Å². The van der Waals surface area contributed by atoms with Crippen molar-refractivity contribution in [1.82, 2.24) is 10.2 Å². The van der Waals surface area contributed by atoms with Gasteiger partial charge in [0.25, 0.3) is 0 Å². The zero-order valence-corrected chi connectivity index (χ0v) is 12.1. The van der Waals surface area contributed by atoms with Gasteiger partial charge in [-0.2, -0.15) is 13.2 Å². The molecule has 1 heterocycles. The van der Waals surface area contributed by atoms with Gasteiger partial charge in [-0.3, -0.25) is 4.90 Å². The highest BCUT2D eigenvalue weighted by Crippen LogP contribution is 2.27. The summed E-state index contributed by atoms with van der Waals surface area (Å²) in [4.78, 5) is 1.48. The van der Waals surface area contributed by atoms with Gasteiger partial charge in [0.2, 0.25) is 0 Å². The lowest BCUT2D eigenvalue weighted by Gasteiger charge is -2.35. The summed E-state index contributed by atoms with van der Waals surface area (Å²) in [5.74, 6) is 0. The number of aliphatic hydroxyl groups is 1. The van der Waals surface area contributed by atoms with E-state index in [4.69, 9.17) is 5.11 Å². The lowest BCUT2D eigenvalue weighted by Crippen LogP contribution is -2.43. The normalized spacial score (nSPS) is 19.6. The number of rotatable bonds is 5. The monoisotopic (exact) mass is 302 g/mol. The SMILES string of the molecule is CC1Cc2cc(CNCCO)ccc2CN1CC(F)(F)F. The quantitative estimate of drug-likeness (QED) is 0.818. The lowest BCUT2D eigenvalue weighted by atomic mass is 9.93. The van der Waals surface area contributed by atoms with Crippen molar-refractivity contribution in [3.63, 3.8) is 0 Å². The van der Waals surface area contributed by atoms with E-state index in [2.05, 4.69) is 11.4 Å². The van der Waals surface area contributed by atoms with Crippen LogP contribution in [0.2, 0.25) is 0 Å². The fourth-order valence-corrected chi connectivity index (χ4v) is 2.71. The molecular formula is C15H21F3N2O. The number of hydrogen-bond acceptors (Lipinski definition) is 3. The summed E-state index contributed by atoms with van der Waals surface area (Å²) in [5.41, 5.74) is 3.20. The van der Waals surface area contributed by atoms with Crippen LogP contribution in [0.4, 0.5) is 13.2 Å². The molecule has 2 rings (SSSR count). The van der Waals surface area contributed by atoms with Gasteiger partial charge in [0.15, 0.2) is 0 Å². The Morgan fingerprint density at radius 1 is 1.33 bits per heavy atom. The first kappa shape index (κ1) is 16.3. The van der Waals surface area contributed by atoms with E-state index >= 15 is 0 Å². The third-order valence-corrected chi connectivity index (χ3v) is 3.78. The zero-order chi connectivity index (χ0) is 15.5. The molecule has 1 unspecified atom stereocenters. The van der Waals surface area contributed by atoms with E-state index in [-0.39, 0.29) is 12.6 Å². The summed E-state index contributed by atoms with van der Waals surface area (Å²) < 4.78 is 37.7. The number of aliphatic hydroxyl groups excluding tert-OH is 1.